The van der Waals surface area contributed by atoms with Gasteiger partial charge in [0.1, 0.15) is 11.4 Å². The molecule has 1 saturated heterocycles. The van der Waals surface area contributed by atoms with Crippen LogP contribution >= 0.6 is 11.6 Å². The quantitative estimate of drug-likeness (QED) is 0.678. The largest absolute Gasteiger partial charge is 0.494 e. The maximum Gasteiger partial charge on any atom is 0.333 e. The minimum atomic E-state index is -0.487. The van der Waals surface area contributed by atoms with Crippen LogP contribution in [0.25, 0.3) is 6.08 Å². The number of rotatable bonds is 4. The Morgan fingerprint density at radius 1 is 1.08 bits per heavy atom. The molecular formula is C18H15ClN2O3. The lowest BCUT2D eigenvalue weighted by Gasteiger charge is -2.11. The molecule has 1 aliphatic heterocycles. The number of amides is 3. The van der Waals surface area contributed by atoms with Crippen LogP contribution in [0.4, 0.5) is 10.5 Å². The first-order chi connectivity index (χ1) is 11.6. The molecule has 0 saturated carbocycles. The molecular weight excluding hydrogens is 328 g/mol. The molecule has 122 valence electrons. The molecule has 1 aliphatic rings. The van der Waals surface area contributed by atoms with Crippen LogP contribution in [0.1, 0.15) is 12.5 Å². The maximum absolute atomic E-state index is 12.5. The highest BCUT2D eigenvalue weighted by Gasteiger charge is 2.34. The molecule has 0 unspecified atom stereocenters. The zero-order chi connectivity index (χ0) is 17.1. The number of halogens is 1. The Hall–Kier alpha value is -2.79. The normalized spacial score (nSPS) is 15.8. The number of hydrogen-bond acceptors (Lipinski definition) is 3. The highest BCUT2D eigenvalue weighted by Crippen LogP contribution is 2.24. The lowest BCUT2D eigenvalue weighted by atomic mass is 10.2. The second-order valence-corrected chi connectivity index (χ2v) is 5.54. The molecule has 6 heteroatoms. The summed E-state index contributed by atoms with van der Waals surface area (Å²) in [5.41, 5.74) is 1.48. The van der Waals surface area contributed by atoms with E-state index in [0.717, 1.165) is 16.2 Å². The molecule has 0 bridgehead atoms. The highest BCUT2D eigenvalue weighted by molar-refractivity contribution is 6.31. The topological polar surface area (TPSA) is 58.6 Å². The molecule has 0 atom stereocenters. The average molecular weight is 343 g/mol. The van der Waals surface area contributed by atoms with Gasteiger partial charge >= 0.3 is 6.03 Å². The van der Waals surface area contributed by atoms with Gasteiger partial charge in [-0.15, -0.1) is 0 Å². The van der Waals surface area contributed by atoms with Crippen LogP contribution in [0.2, 0.25) is 5.02 Å². The SMILES string of the molecule is CCOc1ccc(/C=C2/NC(=O)N(c3ccc(Cl)cc3)C2=O)cc1. The van der Waals surface area contributed by atoms with Crippen molar-refractivity contribution in [2.24, 2.45) is 0 Å². The number of carbonyl (C=O) groups excluding carboxylic acids is 2. The Bertz CT molecular complexity index is 798. The van der Waals surface area contributed by atoms with E-state index in [4.69, 9.17) is 16.3 Å². The summed E-state index contributed by atoms with van der Waals surface area (Å²) in [5, 5.41) is 3.13. The average Bonchev–Trinajstić information content (AvgIpc) is 2.85. The lowest BCUT2D eigenvalue weighted by Crippen LogP contribution is -2.30. The zero-order valence-electron chi connectivity index (χ0n) is 13.0. The van der Waals surface area contributed by atoms with E-state index >= 15 is 0 Å². The van der Waals surface area contributed by atoms with Crippen molar-refractivity contribution in [1.29, 1.82) is 0 Å². The second-order valence-electron chi connectivity index (χ2n) is 5.11. The Balaban J connectivity index is 1.83. The molecule has 1 N–H and O–H groups in total. The summed E-state index contributed by atoms with van der Waals surface area (Å²) in [6, 6.07) is 13.3. The first kappa shape index (κ1) is 16.1. The minimum absolute atomic E-state index is 0.221. The fraction of sp³-hybridized carbons (Fsp3) is 0.111. The molecule has 2 aromatic carbocycles. The molecule has 0 spiro atoms. The standard InChI is InChI=1S/C18H15ClN2O3/c1-2-24-15-9-3-12(4-10-15)11-16-17(22)21(18(23)20-16)14-7-5-13(19)6-8-14/h3-11H,2H2,1H3,(H,20,23)/b16-11+. The fourth-order valence-electron chi connectivity index (χ4n) is 2.35. The molecule has 24 heavy (non-hydrogen) atoms. The molecule has 0 radical (unpaired) electrons. The number of imide groups is 1. The Morgan fingerprint density at radius 3 is 2.38 bits per heavy atom. The van der Waals surface area contributed by atoms with Gasteiger partial charge < -0.3 is 10.1 Å². The molecule has 5 nitrogen and oxygen atoms in total. The summed E-state index contributed by atoms with van der Waals surface area (Å²) < 4.78 is 5.38. The van der Waals surface area contributed by atoms with Gasteiger partial charge in [0.25, 0.3) is 5.91 Å². The van der Waals surface area contributed by atoms with Crippen LogP contribution in [0.3, 0.4) is 0 Å². The number of benzene rings is 2. The summed E-state index contributed by atoms with van der Waals surface area (Å²) in [5.74, 6) is 0.348. The maximum atomic E-state index is 12.5. The van der Waals surface area contributed by atoms with Crippen LogP contribution in [0.15, 0.2) is 54.2 Å². The van der Waals surface area contributed by atoms with Crippen molar-refractivity contribution in [3.8, 4) is 5.75 Å². The van der Waals surface area contributed by atoms with Crippen molar-refractivity contribution in [3.05, 3.63) is 64.8 Å². The van der Waals surface area contributed by atoms with Gasteiger partial charge in [0.05, 0.1) is 12.3 Å². The third-order valence-corrected chi connectivity index (χ3v) is 3.72. The van der Waals surface area contributed by atoms with Crippen molar-refractivity contribution >= 4 is 35.3 Å². The summed E-state index contributed by atoms with van der Waals surface area (Å²) in [6.45, 7) is 2.50. The van der Waals surface area contributed by atoms with E-state index in [-0.39, 0.29) is 5.70 Å². The summed E-state index contributed by atoms with van der Waals surface area (Å²) >= 11 is 5.84. The Kier molecular flexibility index (Phi) is 4.53. The number of anilines is 1. The molecule has 2 aromatic rings. The molecule has 3 amide bonds. The molecule has 0 aromatic heterocycles. The van der Waals surface area contributed by atoms with Crippen molar-refractivity contribution in [2.45, 2.75) is 6.92 Å². The highest BCUT2D eigenvalue weighted by atomic mass is 35.5. The number of ether oxygens (including phenoxy) is 1. The van der Waals surface area contributed by atoms with E-state index in [1.165, 1.54) is 0 Å². The number of carbonyl (C=O) groups is 2. The first-order valence-electron chi connectivity index (χ1n) is 7.44. The van der Waals surface area contributed by atoms with Crippen LogP contribution in [0.5, 0.6) is 5.75 Å². The van der Waals surface area contributed by atoms with Gasteiger partial charge in [-0.25, -0.2) is 9.69 Å². The van der Waals surface area contributed by atoms with E-state index in [1.807, 2.05) is 31.2 Å². The Morgan fingerprint density at radius 2 is 1.75 bits per heavy atom. The minimum Gasteiger partial charge on any atom is -0.494 e. The van der Waals surface area contributed by atoms with Gasteiger partial charge in [0, 0.05) is 5.02 Å². The fourth-order valence-corrected chi connectivity index (χ4v) is 2.48. The predicted molar refractivity (Wildman–Crippen MR) is 93.1 cm³/mol. The summed E-state index contributed by atoms with van der Waals surface area (Å²) in [7, 11) is 0. The number of nitrogens with one attached hydrogen (secondary N) is 1. The third-order valence-electron chi connectivity index (χ3n) is 3.47. The van der Waals surface area contributed by atoms with Gasteiger partial charge in [0.15, 0.2) is 0 Å². The van der Waals surface area contributed by atoms with E-state index in [2.05, 4.69) is 5.32 Å². The predicted octanol–water partition coefficient (Wildman–Crippen LogP) is 3.84. The second kappa shape index (κ2) is 6.76. The number of urea groups is 1. The van der Waals surface area contributed by atoms with Crippen molar-refractivity contribution in [2.75, 3.05) is 11.5 Å². The third kappa shape index (κ3) is 3.26. The molecule has 1 fully saturated rings. The van der Waals surface area contributed by atoms with E-state index in [1.54, 1.807) is 30.3 Å². The van der Waals surface area contributed by atoms with Gasteiger partial charge in [-0.1, -0.05) is 23.7 Å². The van der Waals surface area contributed by atoms with Crippen LogP contribution < -0.4 is 15.0 Å². The molecule has 1 heterocycles. The van der Waals surface area contributed by atoms with E-state index in [0.29, 0.717) is 17.3 Å². The summed E-state index contributed by atoms with van der Waals surface area (Å²) in [6.07, 6.45) is 1.63. The smallest absolute Gasteiger partial charge is 0.333 e. The van der Waals surface area contributed by atoms with Gasteiger partial charge in [-0.3, -0.25) is 4.79 Å². The van der Waals surface area contributed by atoms with Crippen LogP contribution in [0, 0.1) is 0 Å². The van der Waals surface area contributed by atoms with Crippen molar-refractivity contribution < 1.29 is 14.3 Å². The van der Waals surface area contributed by atoms with Crippen molar-refractivity contribution in [3.63, 3.8) is 0 Å². The van der Waals surface area contributed by atoms with Gasteiger partial charge in [0.2, 0.25) is 0 Å². The first-order valence-corrected chi connectivity index (χ1v) is 7.82. The molecule has 0 aliphatic carbocycles. The van der Waals surface area contributed by atoms with Crippen LogP contribution in [-0.4, -0.2) is 18.5 Å². The van der Waals surface area contributed by atoms with E-state index < -0.39 is 11.9 Å². The van der Waals surface area contributed by atoms with Gasteiger partial charge in [-0.2, -0.15) is 0 Å². The van der Waals surface area contributed by atoms with E-state index in [9.17, 15) is 9.59 Å². The lowest BCUT2D eigenvalue weighted by molar-refractivity contribution is -0.113. The number of hydrogen-bond donors (Lipinski definition) is 1. The molecule has 3 rings (SSSR count). The van der Waals surface area contributed by atoms with Crippen LogP contribution in [-0.2, 0) is 4.79 Å². The summed E-state index contributed by atoms with van der Waals surface area (Å²) in [4.78, 5) is 25.7. The monoisotopic (exact) mass is 342 g/mol. The zero-order valence-corrected chi connectivity index (χ0v) is 13.7. The van der Waals surface area contributed by atoms with Gasteiger partial charge in [-0.05, 0) is 55.0 Å². The van der Waals surface area contributed by atoms with Crippen molar-refractivity contribution in [1.82, 2.24) is 5.32 Å². The number of nitrogens with zero attached hydrogens (tertiary/aromatic N) is 1. The Labute approximate surface area is 144 Å².